The third-order valence-electron chi connectivity index (χ3n) is 4.55. The first-order valence-corrected chi connectivity index (χ1v) is 8.89. The van der Waals surface area contributed by atoms with E-state index in [0.29, 0.717) is 23.4 Å². The van der Waals surface area contributed by atoms with Gasteiger partial charge in [-0.15, -0.1) is 11.3 Å². The van der Waals surface area contributed by atoms with Crippen molar-refractivity contribution in [3.63, 3.8) is 0 Å². The van der Waals surface area contributed by atoms with E-state index in [1.54, 1.807) is 0 Å². The highest BCUT2D eigenvalue weighted by molar-refractivity contribution is 7.14. The Morgan fingerprint density at radius 1 is 1.35 bits per heavy atom. The van der Waals surface area contributed by atoms with Gasteiger partial charge < -0.3 is 10.4 Å². The van der Waals surface area contributed by atoms with Crippen LogP contribution >= 0.6 is 11.3 Å². The van der Waals surface area contributed by atoms with Gasteiger partial charge in [-0.25, -0.2) is 4.98 Å². The van der Waals surface area contributed by atoms with Crippen LogP contribution in [0, 0.1) is 12.8 Å². The van der Waals surface area contributed by atoms with Gasteiger partial charge >= 0.3 is 5.97 Å². The maximum absolute atomic E-state index is 12.7. The largest absolute Gasteiger partial charge is 0.481 e. The maximum atomic E-state index is 12.7. The number of hydrogen-bond acceptors (Lipinski definition) is 4. The van der Waals surface area contributed by atoms with Crippen LogP contribution in [-0.2, 0) is 10.2 Å². The predicted octanol–water partition coefficient (Wildman–Crippen LogP) is 3.51. The van der Waals surface area contributed by atoms with Gasteiger partial charge in [-0.2, -0.15) is 0 Å². The third kappa shape index (κ3) is 3.74. The van der Waals surface area contributed by atoms with Crippen molar-refractivity contribution in [3.05, 3.63) is 15.6 Å². The molecule has 1 amide bonds. The van der Waals surface area contributed by atoms with Gasteiger partial charge in [-0.3, -0.25) is 9.59 Å². The molecule has 6 heteroatoms. The number of carboxylic acid groups (broad SMARTS) is 1. The van der Waals surface area contributed by atoms with Crippen molar-refractivity contribution in [2.75, 3.05) is 0 Å². The van der Waals surface area contributed by atoms with E-state index in [4.69, 9.17) is 0 Å². The topological polar surface area (TPSA) is 79.3 Å². The quantitative estimate of drug-likeness (QED) is 0.884. The molecular weight excluding hydrogens is 312 g/mol. The summed E-state index contributed by atoms with van der Waals surface area (Å²) in [6, 6.07) is 0. The lowest BCUT2D eigenvalue weighted by Crippen LogP contribution is -2.55. The zero-order chi connectivity index (χ0) is 17.4. The predicted molar refractivity (Wildman–Crippen MR) is 91.0 cm³/mol. The van der Waals surface area contributed by atoms with Crippen molar-refractivity contribution in [1.82, 2.24) is 10.3 Å². The molecule has 0 aliphatic heterocycles. The molecule has 1 fully saturated rings. The Balaban J connectivity index is 2.24. The van der Waals surface area contributed by atoms with Crippen molar-refractivity contribution < 1.29 is 14.7 Å². The second kappa shape index (κ2) is 6.23. The van der Waals surface area contributed by atoms with E-state index in [9.17, 15) is 14.7 Å². The molecule has 5 nitrogen and oxygen atoms in total. The van der Waals surface area contributed by atoms with Gasteiger partial charge in [0, 0.05) is 5.41 Å². The summed E-state index contributed by atoms with van der Waals surface area (Å²) in [4.78, 5) is 29.3. The Morgan fingerprint density at radius 2 is 2.00 bits per heavy atom. The molecule has 1 aromatic heterocycles. The molecule has 2 unspecified atom stereocenters. The molecule has 2 N–H and O–H groups in total. The van der Waals surface area contributed by atoms with E-state index >= 15 is 0 Å². The van der Waals surface area contributed by atoms with Gasteiger partial charge in [0.15, 0.2) is 0 Å². The minimum absolute atomic E-state index is 0.105. The zero-order valence-corrected chi connectivity index (χ0v) is 15.3. The van der Waals surface area contributed by atoms with E-state index in [-0.39, 0.29) is 11.3 Å². The van der Waals surface area contributed by atoms with Crippen molar-refractivity contribution >= 4 is 23.2 Å². The highest BCUT2D eigenvalue weighted by Crippen LogP contribution is 2.35. The lowest BCUT2D eigenvalue weighted by molar-refractivity contribution is -0.145. The molecule has 2 rings (SSSR count). The van der Waals surface area contributed by atoms with Crippen LogP contribution in [0.2, 0.25) is 0 Å². The molecule has 23 heavy (non-hydrogen) atoms. The van der Waals surface area contributed by atoms with Crippen molar-refractivity contribution in [2.45, 2.75) is 71.3 Å². The molecular formula is C17H26N2O3S. The average molecular weight is 338 g/mol. The number of carbonyl (C=O) groups excluding carboxylic acids is 1. The number of aliphatic carboxylic acids is 1. The molecule has 0 radical (unpaired) electrons. The molecule has 1 aliphatic rings. The number of amides is 1. The first kappa shape index (κ1) is 17.9. The highest BCUT2D eigenvalue weighted by Gasteiger charge is 2.42. The number of aryl methyl sites for hydroxylation is 1. The summed E-state index contributed by atoms with van der Waals surface area (Å²) in [7, 11) is 0. The van der Waals surface area contributed by atoms with Crippen LogP contribution in [0.4, 0.5) is 0 Å². The minimum Gasteiger partial charge on any atom is -0.481 e. The summed E-state index contributed by atoms with van der Waals surface area (Å²) in [6.07, 6.45) is 3.15. The normalized spacial score (nSPS) is 25.2. The maximum Gasteiger partial charge on any atom is 0.308 e. The lowest BCUT2D eigenvalue weighted by atomic mass is 9.74. The van der Waals surface area contributed by atoms with Crippen LogP contribution < -0.4 is 5.32 Å². The second-order valence-corrected chi connectivity index (χ2v) is 8.69. The Morgan fingerprint density at radius 3 is 2.52 bits per heavy atom. The van der Waals surface area contributed by atoms with Crippen LogP contribution in [0.1, 0.15) is 73.8 Å². The molecule has 0 aromatic carbocycles. The first-order chi connectivity index (χ1) is 10.5. The van der Waals surface area contributed by atoms with E-state index < -0.39 is 17.4 Å². The Labute approximate surface area is 141 Å². The summed E-state index contributed by atoms with van der Waals surface area (Å²) in [6.45, 7) is 9.88. The summed E-state index contributed by atoms with van der Waals surface area (Å²) in [5.41, 5.74) is -0.0880. The molecule has 0 saturated heterocycles. The van der Waals surface area contributed by atoms with Gasteiger partial charge in [0.1, 0.15) is 4.88 Å². The summed E-state index contributed by atoms with van der Waals surface area (Å²) < 4.78 is 0. The molecule has 1 saturated carbocycles. The lowest BCUT2D eigenvalue weighted by Gasteiger charge is -2.39. The molecule has 1 aliphatic carbocycles. The number of thiazole rings is 1. The standard InChI is InChI=1S/C17H26N2O3S/c1-10-12(23-15(18-10)16(2,3)4)13(20)19-17(5)9-7-6-8-11(17)14(21)22/h11H,6-9H2,1-5H3,(H,19,20)(H,21,22). The second-order valence-electron chi connectivity index (χ2n) is 7.69. The monoisotopic (exact) mass is 338 g/mol. The van der Waals surface area contributed by atoms with Gasteiger partial charge in [0.2, 0.25) is 0 Å². The Bertz CT molecular complexity index is 618. The number of nitrogens with zero attached hydrogens (tertiary/aromatic N) is 1. The van der Waals surface area contributed by atoms with E-state index in [2.05, 4.69) is 31.1 Å². The number of aromatic nitrogens is 1. The van der Waals surface area contributed by atoms with Crippen LogP contribution in [0.3, 0.4) is 0 Å². The fourth-order valence-electron chi connectivity index (χ4n) is 3.12. The van der Waals surface area contributed by atoms with E-state index in [0.717, 1.165) is 17.8 Å². The molecule has 2 atom stereocenters. The van der Waals surface area contributed by atoms with Crippen molar-refractivity contribution in [2.24, 2.45) is 5.92 Å². The molecule has 1 heterocycles. The average Bonchev–Trinajstić information content (AvgIpc) is 2.80. The van der Waals surface area contributed by atoms with E-state index in [1.807, 2.05) is 13.8 Å². The fraction of sp³-hybridized carbons (Fsp3) is 0.706. The first-order valence-electron chi connectivity index (χ1n) is 8.08. The molecule has 0 bridgehead atoms. The van der Waals surface area contributed by atoms with Gasteiger partial charge in [0.25, 0.3) is 5.91 Å². The van der Waals surface area contributed by atoms with Crippen LogP contribution in [0.25, 0.3) is 0 Å². The van der Waals surface area contributed by atoms with Crippen LogP contribution in [0.15, 0.2) is 0 Å². The number of carboxylic acids is 1. The number of hydrogen-bond donors (Lipinski definition) is 2. The SMILES string of the molecule is Cc1nc(C(C)(C)C)sc1C(=O)NC1(C)CCCCC1C(=O)O. The van der Waals surface area contributed by atoms with E-state index in [1.165, 1.54) is 11.3 Å². The molecule has 1 aromatic rings. The zero-order valence-electron chi connectivity index (χ0n) is 14.5. The Kier molecular flexibility index (Phi) is 4.85. The number of nitrogens with one attached hydrogen (secondary N) is 1. The Hall–Kier alpha value is -1.43. The fourth-order valence-corrected chi connectivity index (χ4v) is 4.14. The molecule has 0 spiro atoms. The van der Waals surface area contributed by atoms with Crippen molar-refractivity contribution in [3.8, 4) is 0 Å². The third-order valence-corrected chi connectivity index (χ3v) is 6.13. The van der Waals surface area contributed by atoms with Gasteiger partial charge in [-0.1, -0.05) is 33.6 Å². The van der Waals surface area contributed by atoms with Crippen LogP contribution in [-0.4, -0.2) is 27.5 Å². The minimum atomic E-state index is -0.830. The number of rotatable bonds is 3. The van der Waals surface area contributed by atoms with Crippen molar-refractivity contribution in [1.29, 1.82) is 0 Å². The smallest absolute Gasteiger partial charge is 0.308 e. The molecule has 128 valence electrons. The summed E-state index contributed by atoms with van der Waals surface area (Å²) in [5, 5.41) is 13.4. The highest BCUT2D eigenvalue weighted by atomic mass is 32.1. The van der Waals surface area contributed by atoms with Crippen LogP contribution in [0.5, 0.6) is 0 Å². The summed E-state index contributed by atoms with van der Waals surface area (Å²) in [5.74, 6) is -1.56. The summed E-state index contributed by atoms with van der Waals surface area (Å²) >= 11 is 1.40. The number of carbonyl (C=O) groups is 2. The van der Waals surface area contributed by atoms with Gasteiger partial charge in [0.05, 0.1) is 22.2 Å². The van der Waals surface area contributed by atoms with Gasteiger partial charge in [-0.05, 0) is 26.7 Å².